The molecule has 5 heteroatoms. The molecule has 0 bridgehead atoms. The van der Waals surface area contributed by atoms with Gasteiger partial charge in [-0.25, -0.2) is 0 Å². The van der Waals surface area contributed by atoms with E-state index in [2.05, 4.69) is 4.74 Å². The van der Waals surface area contributed by atoms with Crippen LogP contribution in [0.3, 0.4) is 0 Å². The zero-order valence-corrected chi connectivity index (χ0v) is 11.1. The average Bonchev–Trinajstić information content (AvgIpc) is 2.91. The van der Waals surface area contributed by atoms with Gasteiger partial charge in [-0.05, 0) is 12.8 Å². The fourth-order valence-electron chi connectivity index (χ4n) is 1.94. The lowest BCUT2D eigenvalue weighted by molar-refractivity contribution is -0.142. The zero-order valence-electron chi connectivity index (χ0n) is 11.1. The van der Waals surface area contributed by atoms with Crippen LogP contribution in [-0.4, -0.2) is 50.7 Å². The van der Waals surface area contributed by atoms with Crippen LogP contribution in [0.1, 0.15) is 19.3 Å². The monoisotopic (exact) mass is 255 g/mol. The van der Waals surface area contributed by atoms with E-state index in [4.69, 9.17) is 4.74 Å². The van der Waals surface area contributed by atoms with Crippen LogP contribution >= 0.6 is 0 Å². The third-order valence-electron chi connectivity index (χ3n) is 3.05. The number of hydrogen-bond acceptors (Lipinski definition) is 4. The summed E-state index contributed by atoms with van der Waals surface area (Å²) >= 11 is 0. The van der Waals surface area contributed by atoms with Crippen LogP contribution in [0.5, 0.6) is 0 Å². The van der Waals surface area contributed by atoms with Gasteiger partial charge < -0.3 is 14.4 Å². The van der Waals surface area contributed by atoms with Crippen molar-refractivity contribution in [3.05, 3.63) is 12.2 Å². The van der Waals surface area contributed by atoms with Gasteiger partial charge in [0, 0.05) is 26.1 Å². The van der Waals surface area contributed by atoms with E-state index in [-0.39, 0.29) is 24.2 Å². The molecule has 0 aromatic heterocycles. The molecular weight excluding hydrogens is 234 g/mol. The van der Waals surface area contributed by atoms with E-state index in [1.54, 1.807) is 12.0 Å². The number of carbonyl (C=O) groups is 2. The normalized spacial score (nSPS) is 14.8. The Balaban J connectivity index is 2.47. The molecule has 0 N–H and O–H groups in total. The number of rotatable bonds is 7. The first kappa shape index (κ1) is 14.7. The van der Waals surface area contributed by atoms with Gasteiger partial charge in [0.05, 0.1) is 20.1 Å². The number of methoxy groups -OCH3 is 2. The van der Waals surface area contributed by atoms with Crippen LogP contribution < -0.4 is 0 Å². The number of esters is 1. The summed E-state index contributed by atoms with van der Waals surface area (Å²) in [5.74, 6) is -0.171. The molecule has 0 unspecified atom stereocenters. The highest BCUT2D eigenvalue weighted by Gasteiger charge is 2.24. The minimum Gasteiger partial charge on any atom is -0.469 e. The van der Waals surface area contributed by atoms with Crippen molar-refractivity contribution in [3.8, 4) is 0 Å². The topological polar surface area (TPSA) is 55.8 Å². The molecule has 5 nitrogen and oxygen atoms in total. The third kappa shape index (κ3) is 4.49. The van der Waals surface area contributed by atoms with Crippen LogP contribution in [0.2, 0.25) is 0 Å². The summed E-state index contributed by atoms with van der Waals surface area (Å²) < 4.78 is 9.58. The van der Waals surface area contributed by atoms with Crippen LogP contribution in [0.15, 0.2) is 12.2 Å². The van der Waals surface area contributed by atoms with Gasteiger partial charge in [-0.1, -0.05) is 12.2 Å². The Kier molecular flexibility index (Phi) is 6.43. The van der Waals surface area contributed by atoms with Crippen LogP contribution in [-0.2, 0) is 19.1 Å². The second kappa shape index (κ2) is 7.87. The third-order valence-corrected chi connectivity index (χ3v) is 3.05. The maximum atomic E-state index is 12.2. The Hall–Kier alpha value is -1.36. The maximum Gasteiger partial charge on any atom is 0.307 e. The van der Waals surface area contributed by atoms with Crippen molar-refractivity contribution in [2.24, 2.45) is 5.92 Å². The standard InChI is InChI=1S/C13H21NO4/c1-17-10-9-14(8-7-12(15)18-2)13(16)11-5-3-4-6-11/h3-4,11H,5-10H2,1-2H3. The van der Waals surface area contributed by atoms with Crippen molar-refractivity contribution in [2.75, 3.05) is 33.9 Å². The summed E-state index contributed by atoms with van der Waals surface area (Å²) in [4.78, 5) is 25.1. The first-order valence-corrected chi connectivity index (χ1v) is 6.18. The lowest BCUT2D eigenvalue weighted by Crippen LogP contribution is -2.39. The molecule has 102 valence electrons. The molecule has 0 aliphatic heterocycles. The second-order valence-corrected chi connectivity index (χ2v) is 4.28. The Bertz CT molecular complexity index is 306. The van der Waals surface area contributed by atoms with Gasteiger partial charge in [-0.15, -0.1) is 0 Å². The molecule has 0 fully saturated rings. The van der Waals surface area contributed by atoms with Crippen LogP contribution in [0, 0.1) is 5.92 Å². The summed E-state index contributed by atoms with van der Waals surface area (Å²) in [7, 11) is 2.95. The van der Waals surface area contributed by atoms with Gasteiger partial charge in [-0.3, -0.25) is 9.59 Å². The fraction of sp³-hybridized carbons (Fsp3) is 0.692. The smallest absolute Gasteiger partial charge is 0.307 e. The van der Waals surface area contributed by atoms with Gasteiger partial charge in [-0.2, -0.15) is 0 Å². The first-order valence-electron chi connectivity index (χ1n) is 6.18. The molecular formula is C13H21NO4. The fourth-order valence-corrected chi connectivity index (χ4v) is 1.94. The van der Waals surface area contributed by atoms with E-state index in [1.165, 1.54) is 7.11 Å². The molecule has 1 amide bonds. The number of ether oxygens (including phenoxy) is 2. The predicted molar refractivity (Wildman–Crippen MR) is 67.0 cm³/mol. The number of allylic oxidation sites excluding steroid dienone is 2. The molecule has 0 saturated carbocycles. The first-order chi connectivity index (χ1) is 8.69. The predicted octanol–water partition coefficient (Wildman–Crippen LogP) is 0.991. The summed E-state index contributed by atoms with van der Waals surface area (Å²) in [6.07, 6.45) is 5.86. The van der Waals surface area contributed by atoms with E-state index in [0.29, 0.717) is 19.7 Å². The van der Waals surface area contributed by atoms with Gasteiger partial charge in [0.15, 0.2) is 0 Å². The number of carbonyl (C=O) groups excluding carboxylic acids is 2. The summed E-state index contributed by atoms with van der Waals surface area (Å²) in [5, 5.41) is 0. The van der Waals surface area contributed by atoms with Crippen molar-refractivity contribution < 1.29 is 19.1 Å². The Morgan fingerprint density at radius 3 is 2.44 bits per heavy atom. The lowest BCUT2D eigenvalue weighted by atomic mass is 10.1. The van der Waals surface area contributed by atoms with Gasteiger partial charge in [0.2, 0.25) is 5.91 Å². The molecule has 0 radical (unpaired) electrons. The quantitative estimate of drug-likeness (QED) is 0.503. The van der Waals surface area contributed by atoms with Crippen LogP contribution in [0.4, 0.5) is 0 Å². The molecule has 18 heavy (non-hydrogen) atoms. The van der Waals surface area contributed by atoms with Crippen molar-refractivity contribution in [1.82, 2.24) is 4.90 Å². The molecule has 1 aliphatic rings. The largest absolute Gasteiger partial charge is 0.469 e. The van der Waals surface area contributed by atoms with Gasteiger partial charge >= 0.3 is 5.97 Å². The molecule has 0 saturated heterocycles. The summed E-state index contributed by atoms with van der Waals surface area (Å²) in [5.41, 5.74) is 0. The van der Waals surface area contributed by atoms with Gasteiger partial charge in [0.25, 0.3) is 0 Å². The van der Waals surface area contributed by atoms with Crippen molar-refractivity contribution in [2.45, 2.75) is 19.3 Å². The molecule has 0 heterocycles. The molecule has 0 aromatic carbocycles. The molecule has 1 aliphatic carbocycles. The molecule has 0 aromatic rings. The number of amides is 1. The number of hydrogen-bond donors (Lipinski definition) is 0. The van der Waals surface area contributed by atoms with E-state index in [9.17, 15) is 9.59 Å². The van der Waals surface area contributed by atoms with Crippen molar-refractivity contribution in [1.29, 1.82) is 0 Å². The summed E-state index contributed by atoms with van der Waals surface area (Å²) in [6.45, 7) is 1.39. The van der Waals surface area contributed by atoms with Gasteiger partial charge in [0.1, 0.15) is 0 Å². The highest BCUT2D eigenvalue weighted by molar-refractivity contribution is 5.80. The van der Waals surface area contributed by atoms with E-state index >= 15 is 0 Å². The molecule has 0 atom stereocenters. The Morgan fingerprint density at radius 1 is 1.22 bits per heavy atom. The Morgan fingerprint density at radius 2 is 1.89 bits per heavy atom. The number of nitrogens with zero attached hydrogens (tertiary/aromatic N) is 1. The lowest BCUT2D eigenvalue weighted by Gasteiger charge is -2.25. The Labute approximate surface area is 108 Å². The minimum atomic E-state index is -0.297. The zero-order chi connectivity index (χ0) is 13.4. The highest BCUT2D eigenvalue weighted by Crippen LogP contribution is 2.20. The van der Waals surface area contributed by atoms with Crippen molar-refractivity contribution in [3.63, 3.8) is 0 Å². The molecule has 1 rings (SSSR count). The summed E-state index contributed by atoms with van der Waals surface area (Å²) in [6, 6.07) is 0. The molecule has 0 spiro atoms. The second-order valence-electron chi connectivity index (χ2n) is 4.28. The average molecular weight is 255 g/mol. The van der Waals surface area contributed by atoms with Crippen LogP contribution in [0.25, 0.3) is 0 Å². The van der Waals surface area contributed by atoms with E-state index < -0.39 is 0 Å². The highest BCUT2D eigenvalue weighted by atomic mass is 16.5. The maximum absolute atomic E-state index is 12.2. The van der Waals surface area contributed by atoms with E-state index in [1.807, 2.05) is 12.2 Å². The minimum absolute atomic E-state index is 0.0273. The SMILES string of the molecule is COCCN(CCC(=O)OC)C(=O)C1CC=CC1. The van der Waals surface area contributed by atoms with E-state index in [0.717, 1.165) is 12.8 Å². The van der Waals surface area contributed by atoms with Crippen molar-refractivity contribution >= 4 is 11.9 Å².